The molecule has 2 aromatic carbocycles. The average molecular weight is 496 g/mol. The molecule has 0 aliphatic rings. The molecule has 1 heterocycles. The fourth-order valence-corrected chi connectivity index (χ4v) is 5.82. The first-order valence-electron chi connectivity index (χ1n) is 8.83. The normalized spacial score (nSPS) is 11.7. The molecule has 0 radical (unpaired) electrons. The lowest BCUT2D eigenvalue weighted by molar-refractivity contribution is 0.0696. The van der Waals surface area contributed by atoms with E-state index in [2.05, 4.69) is 4.72 Å². The molecule has 3 rings (SSSR count). The number of nitrogens with one attached hydrogen (secondary N) is 3. The second kappa shape index (κ2) is 9.08. The number of aryl methyl sites for hydroxylation is 1. The SMILES string of the molecule is Cc1ccc(C(=O)O)cc1S(=O)(=O)NNC(=O)c1ccccc1NS(=O)(=O)c1cccs1. The second-order valence-corrected chi connectivity index (χ2v) is 10.9. The molecule has 4 N–H and O–H groups in total. The van der Waals surface area contributed by atoms with E-state index in [1.165, 1.54) is 49.4 Å². The number of carbonyl (C=O) groups excluding carboxylic acids is 1. The highest BCUT2D eigenvalue weighted by Crippen LogP contribution is 2.23. The number of anilines is 1. The Morgan fingerprint density at radius 3 is 2.31 bits per heavy atom. The van der Waals surface area contributed by atoms with Crippen molar-refractivity contribution in [2.75, 3.05) is 4.72 Å². The summed E-state index contributed by atoms with van der Waals surface area (Å²) in [6, 6.07) is 12.2. The van der Waals surface area contributed by atoms with Crippen molar-refractivity contribution >= 4 is 48.9 Å². The van der Waals surface area contributed by atoms with Gasteiger partial charge in [-0.05, 0) is 48.2 Å². The van der Waals surface area contributed by atoms with Gasteiger partial charge in [-0.1, -0.05) is 24.3 Å². The maximum absolute atomic E-state index is 12.6. The standard InChI is InChI=1S/C19H17N3O7S3/c1-12-8-9-13(19(24)25)11-16(12)31(26,27)22-20-18(23)14-5-2-3-6-15(14)21-32(28,29)17-7-4-10-30-17/h2-11,21-22H,1H3,(H,20,23)(H,24,25). The number of aromatic carboxylic acids is 1. The number of carboxylic acids is 1. The lowest BCUT2D eigenvalue weighted by Crippen LogP contribution is -2.42. The van der Waals surface area contributed by atoms with E-state index in [-0.39, 0.29) is 31.5 Å². The second-order valence-electron chi connectivity index (χ2n) is 6.43. The molecule has 0 spiro atoms. The maximum atomic E-state index is 12.6. The van der Waals surface area contributed by atoms with Crippen LogP contribution in [0.15, 0.2) is 69.1 Å². The molecule has 0 aliphatic carbocycles. The molecule has 0 atom stereocenters. The quantitative estimate of drug-likeness (QED) is 0.349. The minimum atomic E-state index is -4.32. The van der Waals surface area contributed by atoms with Crippen molar-refractivity contribution in [3.63, 3.8) is 0 Å². The van der Waals surface area contributed by atoms with E-state index in [4.69, 9.17) is 5.11 Å². The summed E-state index contributed by atoms with van der Waals surface area (Å²) in [6.07, 6.45) is 0. The number of para-hydroxylation sites is 1. The summed E-state index contributed by atoms with van der Waals surface area (Å²) in [5.74, 6) is -2.23. The number of carboxylic acid groups (broad SMARTS) is 1. The Balaban J connectivity index is 1.82. The van der Waals surface area contributed by atoms with Crippen LogP contribution in [0.5, 0.6) is 0 Å². The third kappa shape index (κ3) is 5.13. The van der Waals surface area contributed by atoms with Crippen molar-refractivity contribution in [1.82, 2.24) is 10.3 Å². The van der Waals surface area contributed by atoms with Crippen molar-refractivity contribution in [2.45, 2.75) is 16.0 Å². The monoisotopic (exact) mass is 495 g/mol. The summed E-state index contributed by atoms with van der Waals surface area (Å²) in [5.41, 5.74) is 1.86. The molecule has 0 saturated carbocycles. The van der Waals surface area contributed by atoms with E-state index in [1.807, 2.05) is 10.3 Å². The van der Waals surface area contributed by atoms with Gasteiger partial charge < -0.3 is 5.11 Å². The molecule has 3 aromatic rings. The summed E-state index contributed by atoms with van der Waals surface area (Å²) in [5, 5.41) is 10.7. The average Bonchev–Trinajstić information content (AvgIpc) is 3.28. The molecule has 32 heavy (non-hydrogen) atoms. The largest absolute Gasteiger partial charge is 0.478 e. The fraction of sp³-hybridized carbons (Fsp3) is 0.0526. The van der Waals surface area contributed by atoms with Crippen molar-refractivity contribution in [2.24, 2.45) is 0 Å². The Morgan fingerprint density at radius 2 is 1.66 bits per heavy atom. The number of sulfonamides is 2. The van der Waals surface area contributed by atoms with Crippen LogP contribution >= 0.6 is 11.3 Å². The molecule has 1 amide bonds. The molecule has 168 valence electrons. The maximum Gasteiger partial charge on any atom is 0.335 e. The van der Waals surface area contributed by atoms with Crippen LogP contribution in [0, 0.1) is 6.92 Å². The van der Waals surface area contributed by atoms with Gasteiger partial charge in [0.15, 0.2) is 0 Å². The van der Waals surface area contributed by atoms with Gasteiger partial charge in [0.2, 0.25) is 0 Å². The number of hydrazine groups is 1. The van der Waals surface area contributed by atoms with Crippen LogP contribution in [-0.4, -0.2) is 33.8 Å². The Hall–Kier alpha value is -3.26. The number of carbonyl (C=O) groups is 2. The summed E-state index contributed by atoms with van der Waals surface area (Å²) >= 11 is 0.995. The fourth-order valence-electron chi connectivity index (χ4n) is 2.64. The highest BCUT2D eigenvalue weighted by molar-refractivity contribution is 7.94. The molecule has 0 saturated heterocycles. The Bertz CT molecular complexity index is 1380. The predicted molar refractivity (Wildman–Crippen MR) is 117 cm³/mol. The van der Waals surface area contributed by atoms with Gasteiger partial charge in [0.1, 0.15) is 4.21 Å². The predicted octanol–water partition coefficient (Wildman–Crippen LogP) is 2.18. The molecule has 0 bridgehead atoms. The van der Waals surface area contributed by atoms with Gasteiger partial charge in [-0.15, -0.1) is 16.2 Å². The number of hydrogen-bond donors (Lipinski definition) is 4. The van der Waals surface area contributed by atoms with Gasteiger partial charge >= 0.3 is 5.97 Å². The first kappa shape index (κ1) is 23.4. The third-order valence-corrected chi connectivity index (χ3v) is 8.35. The lowest BCUT2D eigenvalue weighted by atomic mass is 10.1. The number of rotatable bonds is 8. The van der Waals surface area contributed by atoms with Crippen LogP contribution in [0.4, 0.5) is 5.69 Å². The molecular formula is C19H17N3O7S3. The van der Waals surface area contributed by atoms with Crippen molar-refractivity contribution in [3.8, 4) is 0 Å². The van der Waals surface area contributed by atoms with E-state index in [0.717, 1.165) is 17.4 Å². The highest BCUT2D eigenvalue weighted by Gasteiger charge is 2.22. The van der Waals surface area contributed by atoms with E-state index in [0.29, 0.717) is 0 Å². The van der Waals surface area contributed by atoms with Crippen molar-refractivity contribution < 1.29 is 31.5 Å². The topological polar surface area (TPSA) is 159 Å². The summed E-state index contributed by atoms with van der Waals surface area (Å²) in [6.45, 7) is 1.47. The zero-order valence-electron chi connectivity index (χ0n) is 16.4. The number of amides is 1. The van der Waals surface area contributed by atoms with Crippen LogP contribution in [0.1, 0.15) is 26.3 Å². The van der Waals surface area contributed by atoms with Gasteiger partial charge in [-0.2, -0.15) is 0 Å². The lowest BCUT2D eigenvalue weighted by Gasteiger charge is -2.14. The molecule has 13 heteroatoms. The van der Waals surface area contributed by atoms with Gasteiger partial charge in [-0.3, -0.25) is 14.9 Å². The van der Waals surface area contributed by atoms with E-state index < -0.39 is 31.9 Å². The van der Waals surface area contributed by atoms with E-state index in [1.54, 1.807) is 11.4 Å². The number of hydrogen-bond acceptors (Lipinski definition) is 7. The van der Waals surface area contributed by atoms with Gasteiger partial charge in [0, 0.05) is 0 Å². The zero-order valence-corrected chi connectivity index (χ0v) is 18.8. The summed E-state index contributed by atoms with van der Waals surface area (Å²) < 4.78 is 52.5. The summed E-state index contributed by atoms with van der Waals surface area (Å²) in [4.78, 5) is 25.3. The van der Waals surface area contributed by atoms with Crippen LogP contribution in [0.25, 0.3) is 0 Å². The molecule has 0 aliphatic heterocycles. The van der Waals surface area contributed by atoms with Crippen molar-refractivity contribution in [3.05, 3.63) is 76.7 Å². The third-order valence-electron chi connectivity index (χ3n) is 4.20. The van der Waals surface area contributed by atoms with Crippen LogP contribution in [0.3, 0.4) is 0 Å². The van der Waals surface area contributed by atoms with Gasteiger partial charge in [0.25, 0.3) is 26.0 Å². The Kier molecular flexibility index (Phi) is 6.64. The van der Waals surface area contributed by atoms with Crippen LogP contribution in [0.2, 0.25) is 0 Å². The van der Waals surface area contributed by atoms with E-state index in [9.17, 15) is 26.4 Å². The Morgan fingerprint density at radius 1 is 0.938 bits per heavy atom. The van der Waals surface area contributed by atoms with Crippen LogP contribution in [-0.2, 0) is 20.0 Å². The molecule has 0 unspecified atom stereocenters. The molecule has 1 aromatic heterocycles. The Labute approximate surface area is 188 Å². The highest BCUT2D eigenvalue weighted by atomic mass is 32.2. The zero-order chi connectivity index (χ0) is 23.5. The van der Waals surface area contributed by atoms with Gasteiger partial charge in [-0.25, -0.2) is 21.6 Å². The molecule has 0 fully saturated rings. The van der Waals surface area contributed by atoms with Crippen molar-refractivity contribution in [1.29, 1.82) is 0 Å². The minimum Gasteiger partial charge on any atom is -0.478 e. The molecular weight excluding hydrogens is 478 g/mol. The first-order valence-corrected chi connectivity index (χ1v) is 12.7. The number of benzene rings is 2. The summed E-state index contributed by atoms with van der Waals surface area (Å²) in [7, 11) is -8.25. The van der Waals surface area contributed by atoms with Gasteiger partial charge in [0.05, 0.1) is 21.7 Å². The van der Waals surface area contributed by atoms with E-state index >= 15 is 0 Å². The van der Waals surface area contributed by atoms with Crippen LogP contribution < -0.4 is 15.0 Å². The smallest absolute Gasteiger partial charge is 0.335 e. The number of thiophene rings is 1. The minimum absolute atomic E-state index is 0.0437. The first-order chi connectivity index (χ1) is 15.0. The molecule has 10 nitrogen and oxygen atoms in total.